The average molecular weight is 491 g/mol. The van der Waals surface area contributed by atoms with Crippen molar-refractivity contribution in [2.24, 2.45) is 0 Å². The Morgan fingerprint density at radius 3 is 2.26 bits per heavy atom. The zero-order valence-corrected chi connectivity index (χ0v) is 21.8. The van der Waals surface area contributed by atoms with Gasteiger partial charge in [0.25, 0.3) is 0 Å². The highest BCUT2D eigenvalue weighted by atomic mass is 32.2. The van der Waals surface area contributed by atoms with Crippen LogP contribution in [-0.2, 0) is 16.8 Å². The van der Waals surface area contributed by atoms with Gasteiger partial charge in [0.1, 0.15) is 0 Å². The second kappa shape index (κ2) is 10.8. The third-order valence-electron chi connectivity index (χ3n) is 6.51. The first-order chi connectivity index (χ1) is 16.7. The van der Waals surface area contributed by atoms with Crippen LogP contribution in [0.25, 0.3) is 11.4 Å². The molecule has 1 aliphatic rings. The Balaban J connectivity index is 1.50. The molecular formula is C28H34N4O2S. The van der Waals surface area contributed by atoms with Crippen LogP contribution in [0.15, 0.2) is 53.7 Å². The molecule has 4 rings (SSSR count). The number of nitrogens with one attached hydrogen (secondary N) is 1. The van der Waals surface area contributed by atoms with Crippen LogP contribution >= 0.6 is 11.8 Å². The van der Waals surface area contributed by atoms with Crippen molar-refractivity contribution in [3.63, 3.8) is 0 Å². The third-order valence-corrected chi connectivity index (χ3v) is 7.46. The summed E-state index contributed by atoms with van der Waals surface area (Å²) in [4.78, 5) is 24.0. The Bertz CT molecular complexity index is 1170. The summed E-state index contributed by atoms with van der Waals surface area (Å²) < 4.78 is 2.26. The van der Waals surface area contributed by atoms with Crippen LogP contribution in [0, 0.1) is 0 Å². The fourth-order valence-electron chi connectivity index (χ4n) is 4.43. The molecular weight excluding hydrogens is 456 g/mol. The van der Waals surface area contributed by atoms with Crippen molar-refractivity contribution in [1.82, 2.24) is 20.1 Å². The van der Waals surface area contributed by atoms with E-state index in [4.69, 9.17) is 0 Å². The number of amides is 1. The van der Waals surface area contributed by atoms with E-state index in [-0.39, 0.29) is 17.1 Å². The maximum absolute atomic E-state index is 12.9. The van der Waals surface area contributed by atoms with E-state index in [0.717, 1.165) is 34.9 Å². The van der Waals surface area contributed by atoms with Gasteiger partial charge in [-0.15, -0.1) is 10.2 Å². The van der Waals surface area contributed by atoms with Crippen LogP contribution in [0.4, 0.5) is 0 Å². The molecule has 2 aromatic carbocycles. The van der Waals surface area contributed by atoms with Gasteiger partial charge in [0.05, 0.1) is 5.75 Å². The van der Waals surface area contributed by atoms with Crippen LogP contribution in [-0.4, -0.2) is 32.2 Å². The predicted molar refractivity (Wildman–Crippen MR) is 141 cm³/mol. The lowest BCUT2D eigenvalue weighted by atomic mass is 9.86. The van der Waals surface area contributed by atoms with Crippen molar-refractivity contribution in [3.05, 3.63) is 65.2 Å². The number of carbonyl (C=O) groups excluding carboxylic acids is 2. The van der Waals surface area contributed by atoms with E-state index in [1.807, 2.05) is 24.3 Å². The molecule has 0 spiro atoms. The number of thioether (sulfide) groups is 1. The molecule has 1 aliphatic carbocycles. The first-order valence-corrected chi connectivity index (χ1v) is 13.3. The molecule has 0 radical (unpaired) electrons. The van der Waals surface area contributed by atoms with Crippen molar-refractivity contribution < 1.29 is 9.59 Å². The Kier molecular flexibility index (Phi) is 7.75. The predicted octanol–water partition coefficient (Wildman–Crippen LogP) is 5.97. The van der Waals surface area contributed by atoms with E-state index in [9.17, 15) is 9.59 Å². The normalized spacial score (nSPS) is 14.3. The van der Waals surface area contributed by atoms with Crippen LogP contribution in [0.2, 0.25) is 0 Å². The molecule has 1 aromatic heterocycles. The summed E-state index contributed by atoms with van der Waals surface area (Å²) in [6, 6.07) is 16.4. The quantitative estimate of drug-likeness (QED) is 0.311. The van der Waals surface area contributed by atoms with E-state index in [2.05, 4.69) is 65.1 Å². The fourth-order valence-corrected chi connectivity index (χ4v) is 5.33. The molecule has 0 bridgehead atoms. The number of carbonyl (C=O) groups is 2. The van der Waals surface area contributed by atoms with Gasteiger partial charge in [-0.1, -0.05) is 93.9 Å². The van der Waals surface area contributed by atoms with Gasteiger partial charge in [0.2, 0.25) is 5.91 Å². The number of ketones is 1. The van der Waals surface area contributed by atoms with E-state index in [1.165, 1.54) is 37.1 Å². The lowest BCUT2D eigenvalue weighted by Gasteiger charge is -2.20. The Morgan fingerprint density at radius 2 is 1.66 bits per heavy atom. The number of nitrogens with zero attached hydrogens (tertiary/aromatic N) is 3. The van der Waals surface area contributed by atoms with Gasteiger partial charge in [0, 0.05) is 30.6 Å². The number of Topliss-reactive ketones (excluding diaryl/α,β-unsaturated/α-hetero) is 1. The molecule has 1 fully saturated rings. The van der Waals surface area contributed by atoms with Gasteiger partial charge in [-0.3, -0.25) is 14.2 Å². The number of benzene rings is 2. The molecule has 1 saturated carbocycles. The van der Waals surface area contributed by atoms with Gasteiger partial charge < -0.3 is 5.32 Å². The number of rotatable bonds is 8. The van der Waals surface area contributed by atoms with Crippen LogP contribution in [0.5, 0.6) is 0 Å². The maximum atomic E-state index is 12.9. The van der Waals surface area contributed by atoms with Crippen molar-refractivity contribution in [2.75, 3.05) is 5.75 Å². The minimum Gasteiger partial charge on any atom is -0.352 e. The highest BCUT2D eigenvalue weighted by Crippen LogP contribution is 2.37. The second-order valence-electron chi connectivity index (χ2n) is 10.3. The minimum atomic E-state index is -0.0718. The summed E-state index contributed by atoms with van der Waals surface area (Å²) in [5.41, 5.74) is 4.07. The molecule has 35 heavy (non-hydrogen) atoms. The van der Waals surface area contributed by atoms with Crippen LogP contribution < -0.4 is 5.32 Å². The fraction of sp³-hybridized carbons (Fsp3) is 0.429. The first-order valence-electron chi connectivity index (χ1n) is 12.3. The van der Waals surface area contributed by atoms with Gasteiger partial charge >= 0.3 is 0 Å². The van der Waals surface area contributed by atoms with E-state index in [1.54, 1.807) is 0 Å². The standard InChI is InChI=1S/C28H34N4O2S/c1-19(33)29-17-20-9-11-21(12-10-20)25(34)18-35-27-31-30-26(32(27)24-7-5-6-8-24)22-13-15-23(16-14-22)28(2,3)4/h9-16,24H,5-8,17-18H2,1-4H3,(H,29,33). The molecule has 1 N–H and O–H groups in total. The van der Waals surface area contributed by atoms with Gasteiger partial charge in [-0.2, -0.15) is 0 Å². The van der Waals surface area contributed by atoms with Gasteiger partial charge in [-0.05, 0) is 29.4 Å². The summed E-state index contributed by atoms with van der Waals surface area (Å²) in [6.07, 6.45) is 4.64. The van der Waals surface area contributed by atoms with Crippen molar-refractivity contribution in [2.45, 2.75) is 76.5 Å². The molecule has 7 heteroatoms. The SMILES string of the molecule is CC(=O)NCc1ccc(C(=O)CSc2nnc(-c3ccc(C(C)(C)C)cc3)n2C2CCCC2)cc1. The third kappa shape index (κ3) is 6.20. The van der Waals surface area contributed by atoms with Gasteiger partial charge in [0.15, 0.2) is 16.8 Å². The smallest absolute Gasteiger partial charge is 0.217 e. The highest BCUT2D eigenvalue weighted by Gasteiger charge is 2.26. The molecule has 3 aromatic rings. The van der Waals surface area contributed by atoms with E-state index < -0.39 is 0 Å². The topological polar surface area (TPSA) is 76.9 Å². The summed E-state index contributed by atoms with van der Waals surface area (Å²) in [7, 11) is 0. The molecule has 1 heterocycles. The number of aromatic nitrogens is 3. The summed E-state index contributed by atoms with van der Waals surface area (Å²) in [5.74, 6) is 1.17. The maximum Gasteiger partial charge on any atom is 0.217 e. The van der Waals surface area contributed by atoms with Gasteiger partial charge in [-0.25, -0.2) is 0 Å². The lowest BCUT2D eigenvalue weighted by molar-refractivity contribution is -0.119. The zero-order valence-electron chi connectivity index (χ0n) is 21.0. The molecule has 0 atom stereocenters. The number of hydrogen-bond acceptors (Lipinski definition) is 5. The van der Waals surface area contributed by atoms with E-state index >= 15 is 0 Å². The molecule has 6 nitrogen and oxygen atoms in total. The van der Waals surface area contributed by atoms with Crippen molar-refractivity contribution >= 4 is 23.5 Å². The first kappa shape index (κ1) is 25.2. The second-order valence-corrected chi connectivity index (χ2v) is 11.2. The summed E-state index contributed by atoms with van der Waals surface area (Å²) in [5, 5.41) is 12.7. The molecule has 0 aliphatic heterocycles. The van der Waals surface area contributed by atoms with Crippen LogP contribution in [0.3, 0.4) is 0 Å². The Morgan fingerprint density at radius 1 is 1.00 bits per heavy atom. The van der Waals surface area contributed by atoms with Crippen molar-refractivity contribution in [3.8, 4) is 11.4 Å². The molecule has 1 amide bonds. The molecule has 0 saturated heterocycles. The largest absolute Gasteiger partial charge is 0.352 e. The van der Waals surface area contributed by atoms with E-state index in [0.29, 0.717) is 23.9 Å². The van der Waals surface area contributed by atoms with Crippen LogP contribution in [0.1, 0.15) is 80.9 Å². The molecule has 184 valence electrons. The zero-order chi connectivity index (χ0) is 25.0. The summed E-state index contributed by atoms with van der Waals surface area (Å²) in [6.45, 7) is 8.59. The monoisotopic (exact) mass is 490 g/mol. The average Bonchev–Trinajstić information content (AvgIpc) is 3.51. The summed E-state index contributed by atoms with van der Waals surface area (Å²) >= 11 is 1.46. The molecule has 0 unspecified atom stereocenters. The number of hydrogen-bond donors (Lipinski definition) is 1. The highest BCUT2D eigenvalue weighted by molar-refractivity contribution is 7.99. The Hall–Kier alpha value is -2.93. The Labute approximate surface area is 211 Å². The van der Waals surface area contributed by atoms with Crippen molar-refractivity contribution in [1.29, 1.82) is 0 Å². The lowest BCUT2D eigenvalue weighted by Crippen LogP contribution is -2.18. The minimum absolute atomic E-state index is 0.0538.